The van der Waals surface area contributed by atoms with Crippen molar-refractivity contribution in [3.63, 3.8) is 0 Å². The van der Waals surface area contributed by atoms with Crippen LogP contribution in [-0.4, -0.2) is 28.1 Å². The Bertz CT molecular complexity index is 535. The van der Waals surface area contributed by atoms with Crippen LogP contribution in [0.15, 0.2) is 36.9 Å². The van der Waals surface area contributed by atoms with Crippen LogP contribution in [-0.2, 0) is 11.3 Å². The Labute approximate surface area is 111 Å². The van der Waals surface area contributed by atoms with Crippen LogP contribution in [0.1, 0.15) is 11.4 Å². The fraction of sp³-hybridized carbons (Fsp3) is 0.231. The highest BCUT2D eigenvalue weighted by Gasteiger charge is 1.96. The Kier molecular flexibility index (Phi) is 4.79. The number of nitrogens with one attached hydrogen (secondary N) is 1. The maximum atomic E-state index is 8.56. The second kappa shape index (κ2) is 7.03. The molecule has 2 heterocycles. The Morgan fingerprint density at radius 3 is 2.79 bits per heavy atom. The molecule has 0 spiro atoms. The van der Waals surface area contributed by atoms with Crippen molar-refractivity contribution < 1.29 is 4.74 Å². The van der Waals surface area contributed by atoms with Gasteiger partial charge in [-0.05, 0) is 11.6 Å². The van der Waals surface area contributed by atoms with Crippen LogP contribution in [0, 0.1) is 11.3 Å². The van der Waals surface area contributed by atoms with E-state index in [0.717, 1.165) is 11.3 Å². The average molecular weight is 255 g/mol. The van der Waals surface area contributed by atoms with E-state index in [-0.39, 0.29) is 5.82 Å². The van der Waals surface area contributed by atoms with Gasteiger partial charge in [0.05, 0.1) is 31.3 Å². The molecule has 0 unspecified atom stereocenters. The van der Waals surface area contributed by atoms with Crippen molar-refractivity contribution in [2.45, 2.75) is 6.61 Å². The van der Waals surface area contributed by atoms with E-state index in [0.29, 0.717) is 19.8 Å². The number of nitriles is 1. The van der Waals surface area contributed by atoms with Gasteiger partial charge in [-0.1, -0.05) is 6.07 Å². The minimum atomic E-state index is 0.165. The number of hydrogen-bond acceptors (Lipinski definition) is 6. The molecule has 0 amide bonds. The summed E-state index contributed by atoms with van der Waals surface area (Å²) >= 11 is 0. The van der Waals surface area contributed by atoms with Crippen LogP contribution >= 0.6 is 0 Å². The molecule has 0 fully saturated rings. The maximum absolute atomic E-state index is 8.56. The molecule has 1 N–H and O–H groups in total. The van der Waals surface area contributed by atoms with Crippen molar-refractivity contribution in [1.82, 2.24) is 15.0 Å². The van der Waals surface area contributed by atoms with Gasteiger partial charge in [-0.3, -0.25) is 4.98 Å². The molecule has 0 aliphatic carbocycles. The lowest BCUT2D eigenvalue weighted by Crippen LogP contribution is -2.10. The van der Waals surface area contributed by atoms with Crippen molar-refractivity contribution in [3.8, 4) is 6.07 Å². The monoisotopic (exact) mass is 255 g/mol. The van der Waals surface area contributed by atoms with Gasteiger partial charge in [-0.2, -0.15) is 5.26 Å². The normalized spacial score (nSPS) is 9.84. The van der Waals surface area contributed by atoms with Crippen LogP contribution in [0.25, 0.3) is 0 Å². The van der Waals surface area contributed by atoms with E-state index in [1.807, 2.05) is 18.2 Å². The van der Waals surface area contributed by atoms with E-state index in [4.69, 9.17) is 10.00 Å². The number of anilines is 1. The maximum Gasteiger partial charge on any atom is 0.232 e. The van der Waals surface area contributed by atoms with Crippen LogP contribution in [0.3, 0.4) is 0 Å². The SMILES string of the molecule is N#Cc1ncc(NCCOCc2cccnc2)cn1. The molecule has 0 aromatic carbocycles. The van der Waals surface area contributed by atoms with Gasteiger partial charge in [0.2, 0.25) is 5.82 Å². The largest absolute Gasteiger partial charge is 0.380 e. The molecule has 0 atom stereocenters. The summed E-state index contributed by atoms with van der Waals surface area (Å²) in [6.07, 6.45) is 6.66. The predicted molar refractivity (Wildman–Crippen MR) is 69.1 cm³/mol. The van der Waals surface area contributed by atoms with Crippen molar-refractivity contribution in [2.24, 2.45) is 0 Å². The summed E-state index contributed by atoms with van der Waals surface area (Å²) in [7, 11) is 0. The molecule has 6 heteroatoms. The molecule has 0 saturated heterocycles. The molecule has 6 nitrogen and oxygen atoms in total. The van der Waals surface area contributed by atoms with Crippen molar-refractivity contribution in [3.05, 3.63) is 48.3 Å². The summed E-state index contributed by atoms with van der Waals surface area (Å²) in [5.41, 5.74) is 1.81. The zero-order valence-electron chi connectivity index (χ0n) is 10.3. The summed E-state index contributed by atoms with van der Waals surface area (Å²) in [4.78, 5) is 11.7. The summed E-state index contributed by atoms with van der Waals surface area (Å²) in [6.45, 7) is 1.75. The van der Waals surface area contributed by atoms with Crippen LogP contribution in [0.2, 0.25) is 0 Å². The lowest BCUT2D eigenvalue weighted by atomic mass is 10.3. The highest BCUT2D eigenvalue weighted by atomic mass is 16.5. The van der Waals surface area contributed by atoms with E-state index in [9.17, 15) is 0 Å². The number of nitrogens with zero attached hydrogens (tertiary/aromatic N) is 4. The molecule has 2 aromatic rings. The first-order valence-corrected chi connectivity index (χ1v) is 5.81. The highest BCUT2D eigenvalue weighted by molar-refractivity contribution is 5.38. The molecule has 96 valence electrons. The molecule has 0 saturated carbocycles. The van der Waals surface area contributed by atoms with Gasteiger partial charge < -0.3 is 10.1 Å². The number of hydrogen-bond donors (Lipinski definition) is 1. The van der Waals surface area contributed by atoms with Crippen LogP contribution in [0.4, 0.5) is 5.69 Å². The highest BCUT2D eigenvalue weighted by Crippen LogP contribution is 2.02. The third kappa shape index (κ3) is 4.33. The molecule has 2 rings (SSSR count). The van der Waals surface area contributed by atoms with Gasteiger partial charge in [0.1, 0.15) is 6.07 Å². The second-order valence-electron chi connectivity index (χ2n) is 3.75. The molecule has 0 aliphatic heterocycles. The number of rotatable bonds is 6. The average Bonchev–Trinajstić information content (AvgIpc) is 2.49. The Morgan fingerprint density at radius 1 is 1.26 bits per heavy atom. The summed E-state index contributed by atoms with van der Waals surface area (Å²) in [5.74, 6) is 0.165. The fourth-order valence-corrected chi connectivity index (χ4v) is 1.42. The van der Waals surface area contributed by atoms with E-state index in [2.05, 4.69) is 20.3 Å². The van der Waals surface area contributed by atoms with Gasteiger partial charge in [0.15, 0.2) is 0 Å². The second-order valence-corrected chi connectivity index (χ2v) is 3.75. The number of pyridine rings is 1. The van der Waals surface area contributed by atoms with Crippen molar-refractivity contribution in [2.75, 3.05) is 18.5 Å². The first-order chi connectivity index (χ1) is 9.38. The number of aromatic nitrogens is 3. The minimum Gasteiger partial charge on any atom is -0.380 e. The molecule has 2 aromatic heterocycles. The zero-order chi connectivity index (χ0) is 13.3. The third-order valence-corrected chi connectivity index (χ3v) is 2.32. The smallest absolute Gasteiger partial charge is 0.232 e. The van der Waals surface area contributed by atoms with Gasteiger partial charge >= 0.3 is 0 Å². The standard InChI is InChI=1S/C13H13N5O/c14-6-13-17-8-12(9-18-13)16-4-5-19-10-11-2-1-3-15-7-11/h1-3,7-9,16H,4-5,10H2. The Balaban J connectivity index is 1.65. The Morgan fingerprint density at radius 2 is 2.11 bits per heavy atom. The molecule has 0 aliphatic rings. The lowest BCUT2D eigenvalue weighted by molar-refractivity contribution is 0.130. The molecule has 0 radical (unpaired) electrons. The van der Waals surface area contributed by atoms with E-state index < -0.39 is 0 Å². The van der Waals surface area contributed by atoms with E-state index >= 15 is 0 Å². The topological polar surface area (TPSA) is 83.7 Å². The van der Waals surface area contributed by atoms with Gasteiger partial charge in [-0.15, -0.1) is 0 Å². The molecule has 0 bridgehead atoms. The first-order valence-electron chi connectivity index (χ1n) is 5.81. The summed E-state index contributed by atoms with van der Waals surface area (Å²) in [6, 6.07) is 5.72. The Hall–Kier alpha value is -2.52. The predicted octanol–water partition coefficient (Wildman–Crippen LogP) is 1.37. The molecule has 19 heavy (non-hydrogen) atoms. The van der Waals surface area contributed by atoms with E-state index in [1.54, 1.807) is 24.8 Å². The zero-order valence-corrected chi connectivity index (χ0v) is 10.3. The van der Waals surface area contributed by atoms with Crippen LogP contribution in [0.5, 0.6) is 0 Å². The first kappa shape index (κ1) is 12.9. The lowest BCUT2D eigenvalue weighted by Gasteiger charge is -2.06. The summed E-state index contributed by atoms with van der Waals surface area (Å²) < 4.78 is 5.49. The third-order valence-electron chi connectivity index (χ3n) is 2.32. The molecular formula is C13H13N5O. The van der Waals surface area contributed by atoms with Gasteiger partial charge in [0.25, 0.3) is 0 Å². The van der Waals surface area contributed by atoms with E-state index in [1.165, 1.54) is 0 Å². The van der Waals surface area contributed by atoms with Gasteiger partial charge in [0, 0.05) is 18.9 Å². The number of ether oxygens (including phenoxy) is 1. The van der Waals surface area contributed by atoms with Gasteiger partial charge in [-0.25, -0.2) is 9.97 Å². The quantitative estimate of drug-likeness (QED) is 0.785. The van der Waals surface area contributed by atoms with Crippen molar-refractivity contribution in [1.29, 1.82) is 5.26 Å². The minimum absolute atomic E-state index is 0.165. The molecular weight excluding hydrogens is 242 g/mol. The van der Waals surface area contributed by atoms with Crippen molar-refractivity contribution >= 4 is 5.69 Å². The van der Waals surface area contributed by atoms with Crippen LogP contribution < -0.4 is 5.32 Å². The fourth-order valence-electron chi connectivity index (χ4n) is 1.42. The summed E-state index contributed by atoms with van der Waals surface area (Å²) in [5, 5.41) is 11.7.